The number of nitrogens with two attached hydrogens (primary N) is 1. The number of primary amides is 1. The molecule has 23 heavy (non-hydrogen) atoms. The van der Waals surface area contributed by atoms with Crippen molar-refractivity contribution >= 4 is 29.2 Å². The molecule has 3 amide bonds. The lowest BCUT2D eigenvalue weighted by molar-refractivity contribution is 0.100. The van der Waals surface area contributed by atoms with Crippen LogP contribution in [0.4, 0.5) is 10.5 Å². The average molecular weight is 334 g/mol. The van der Waals surface area contributed by atoms with E-state index in [-0.39, 0.29) is 22.4 Å². The van der Waals surface area contributed by atoms with E-state index in [1.165, 1.54) is 12.1 Å². The Balaban J connectivity index is 1.84. The third kappa shape index (κ3) is 4.89. The Bertz CT molecular complexity index is 717. The summed E-state index contributed by atoms with van der Waals surface area (Å²) in [6.45, 7) is 0.434. The van der Waals surface area contributed by atoms with Gasteiger partial charge in [0, 0.05) is 12.2 Å². The molecule has 2 aromatic rings. The second-order valence-corrected chi connectivity index (χ2v) is 5.26. The summed E-state index contributed by atoms with van der Waals surface area (Å²) < 4.78 is 0. The van der Waals surface area contributed by atoms with E-state index in [1.54, 1.807) is 30.3 Å². The minimum Gasteiger partial charge on any atom is -0.508 e. The van der Waals surface area contributed by atoms with Crippen LogP contribution in [0.1, 0.15) is 15.9 Å². The summed E-state index contributed by atoms with van der Waals surface area (Å²) in [5, 5.41) is 14.7. The predicted molar refractivity (Wildman–Crippen MR) is 88.8 cm³/mol. The summed E-state index contributed by atoms with van der Waals surface area (Å²) in [7, 11) is 0. The van der Waals surface area contributed by atoms with Crippen LogP contribution in [-0.4, -0.2) is 23.6 Å². The van der Waals surface area contributed by atoms with Crippen LogP contribution in [0.15, 0.2) is 42.5 Å². The fraction of sp³-hybridized carbons (Fsp3) is 0.125. The quantitative estimate of drug-likeness (QED) is 0.675. The molecule has 2 aromatic carbocycles. The van der Waals surface area contributed by atoms with Crippen LogP contribution >= 0.6 is 11.6 Å². The summed E-state index contributed by atoms with van der Waals surface area (Å²) in [5.74, 6) is -0.421. The highest BCUT2D eigenvalue weighted by molar-refractivity contribution is 6.34. The summed E-state index contributed by atoms with van der Waals surface area (Å²) >= 11 is 5.91. The predicted octanol–water partition coefficient (Wildman–Crippen LogP) is 2.51. The first-order chi connectivity index (χ1) is 11.0. The van der Waals surface area contributed by atoms with Gasteiger partial charge in [0.05, 0.1) is 10.6 Å². The van der Waals surface area contributed by atoms with Gasteiger partial charge in [-0.1, -0.05) is 23.7 Å². The van der Waals surface area contributed by atoms with Crippen molar-refractivity contribution in [3.63, 3.8) is 0 Å². The number of phenolic OH excluding ortho intramolecular Hbond substituents is 1. The lowest BCUT2D eigenvalue weighted by Gasteiger charge is -2.09. The van der Waals surface area contributed by atoms with E-state index in [2.05, 4.69) is 10.6 Å². The molecular formula is C16H16ClN3O3. The SMILES string of the molecule is NC(=O)c1ccc(NC(=O)NCCc2ccc(O)cc2)cc1Cl. The number of rotatable bonds is 5. The summed E-state index contributed by atoms with van der Waals surface area (Å²) in [6.07, 6.45) is 0.634. The van der Waals surface area contributed by atoms with Crippen molar-refractivity contribution in [2.75, 3.05) is 11.9 Å². The van der Waals surface area contributed by atoms with E-state index in [1.807, 2.05) is 0 Å². The number of phenols is 1. The van der Waals surface area contributed by atoms with Crippen LogP contribution in [0.2, 0.25) is 5.02 Å². The molecule has 0 aromatic heterocycles. The Labute approximate surface area is 138 Å². The van der Waals surface area contributed by atoms with Gasteiger partial charge in [-0.05, 0) is 42.3 Å². The summed E-state index contributed by atoms with van der Waals surface area (Å²) in [4.78, 5) is 22.9. The monoisotopic (exact) mass is 333 g/mol. The molecule has 0 unspecified atom stereocenters. The van der Waals surface area contributed by atoms with Gasteiger partial charge in [0.15, 0.2) is 0 Å². The second-order valence-electron chi connectivity index (χ2n) is 4.86. The van der Waals surface area contributed by atoms with Gasteiger partial charge in [0.2, 0.25) is 5.91 Å². The molecule has 0 aliphatic carbocycles. The van der Waals surface area contributed by atoms with Gasteiger partial charge in [0.25, 0.3) is 0 Å². The van der Waals surface area contributed by atoms with Gasteiger partial charge >= 0.3 is 6.03 Å². The number of amides is 3. The molecule has 6 nitrogen and oxygen atoms in total. The maximum atomic E-state index is 11.8. The Morgan fingerprint density at radius 2 is 1.83 bits per heavy atom. The molecule has 7 heteroatoms. The number of halogens is 1. The van der Waals surface area contributed by atoms with Crippen LogP contribution < -0.4 is 16.4 Å². The number of carbonyl (C=O) groups is 2. The standard InChI is InChI=1S/C16H16ClN3O3/c17-14-9-11(3-6-13(14)15(18)22)20-16(23)19-8-7-10-1-4-12(21)5-2-10/h1-6,9,21H,7-8H2,(H2,18,22)(H2,19,20,23). The lowest BCUT2D eigenvalue weighted by Crippen LogP contribution is -2.30. The van der Waals surface area contributed by atoms with E-state index in [4.69, 9.17) is 17.3 Å². The van der Waals surface area contributed by atoms with Crippen molar-refractivity contribution in [2.45, 2.75) is 6.42 Å². The molecule has 0 saturated carbocycles. The van der Waals surface area contributed by atoms with Gasteiger partial charge in [-0.15, -0.1) is 0 Å². The van der Waals surface area contributed by atoms with Gasteiger partial charge in [-0.25, -0.2) is 4.79 Å². The second kappa shape index (κ2) is 7.51. The minimum atomic E-state index is -0.625. The molecule has 0 fully saturated rings. The zero-order valence-electron chi connectivity index (χ0n) is 12.2. The molecule has 0 heterocycles. The van der Waals surface area contributed by atoms with Crippen LogP contribution in [0.25, 0.3) is 0 Å². The first-order valence-electron chi connectivity index (χ1n) is 6.88. The fourth-order valence-electron chi connectivity index (χ4n) is 1.95. The first kappa shape index (κ1) is 16.6. The highest BCUT2D eigenvalue weighted by Gasteiger charge is 2.08. The number of hydrogen-bond acceptors (Lipinski definition) is 3. The van der Waals surface area contributed by atoms with E-state index < -0.39 is 5.91 Å². The summed E-state index contributed by atoms with van der Waals surface area (Å²) in [6, 6.07) is 10.8. The zero-order chi connectivity index (χ0) is 16.8. The highest BCUT2D eigenvalue weighted by atomic mass is 35.5. The van der Waals surface area contributed by atoms with E-state index in [0.29, 0.717) is 18.7 Å². The normalized spacial score (nSPS) is 10.1. The fourth-order valence-corrected chi connectivity index (χ4v) is 2.22. The molecule has 0 spiro atoms. The minimum absolute atomic E-state index is 0.180. The summed E-state index contributed by atoms with van der Waals surface area (Å²) in [5.41, 5.74) is 6.81. The highest BCUT2D eigenvalue weighted by Crippen LogP contribution is 2.20. The number of hydrogen-bond donors (Lipinski definition) is 4. The lowest BCUT2D eigenvalue weighted by atomic mass is 10.1. The van der Waals surface area contributed by atoms with Crippen LogP contribution in [-0.2, 0) is 6.42 Å². The van der Waals surface area contributed by atoms with Crippen LogP contribution in [0.5, 0.6) is 5.75 Å². The number of benzene rings is 2. The third-order valence-corrected chi connectivity index (χ3v) is 3.44. The number of anilines is 1. The van der Waals surface area contributed by atoms with Crippen molar-refractivity contribution < 1.29 is 14.7 Å². The van der Waals surface area contributed by atoms with Crippen LogP contribution in [0, 0.1) is 0 Å². The van der Waals surface area contributed by atoms with Gasteiger partial charge in [0.1, 0.15) is 5.75 Å². The van der Waals surface area contributed by atoms with Crippen molar-refractivity contribution in [3.05, 3.63) is 58.6 Å². The van der Waals surface area contributed by atoms with E-state index in [0.717, 1.165) is 5.56 Å². The van der Waals surface area contributed by atoms with Crippen molar-refractivity contribution in [1.82, 2.24) is 5.32 Å². The molecule has 5 N–H and O–H groups in total. The number of carbonyl (C=O) groups excluding carboxylic acids is 2. The largest absolute Gasteiger partial charge is 0.508 e. The van der Waals surface area contributed by atoms with Crippen molar-refractivity contribution in [2.24, 2.45) is 5.73 Å². The van der Waals surface area contributed by atoms with Gasteiger partial charge < -0.3 is 21.5 Å². The maximum absolute atomic E-state index is 11.8. The topological polar surface area (TPSA) is 104 Å². The zero-order valence-corrected chi connectivity index (χ0v) is 12.9. The molecule has 0 radical (unpaired) electrons. The Hall–Kier alpha value is -2.73. The molecule has 0 aliphatic heterocycles. The maximum Gasteiger partial charge on any atom is 0.319 e. The molecule has 0 atom stereocenters. The Morgan fingerprint density at radius 3 is 2.43 bits per heavy atom. The smallest absolute Gasteiger partial charge is 0.319 e. The third-order valence-electron chi connectivity index (χ3n) is 3.13. The average Bonchev–Trinajstić information content (AvgIpc) is 2.49. The van der Waals surface area contributed by atoms with E-state index in [9.17, 15) is 14.7 Å². The number of aromatic hydroxyl groups is 1. The van der Waals surface area contributed by atoms with Gasteiger partial charge in [-0.2, -0.15) is 0 Å². The molecular weight excluding hydrogens is 318 g/mol. The Kier molecular flexibility index (Phi) is 5.43. The van der Waals surface area contributed by atoms with E-state index >= 15 is 0 Å². The first-order valence-corrected chi connectivity index (χ1v) is 7.25. The number of urea groups is 1. The molecule has 2 rings (SSSR count). The molecule has 120 valence electrons. The molecule has 0 aliphatic rings. The number of nitrogens with one attached hydrogen (secondary N) is 2. The van der Waals surface area contributed by atoms with Gasteiger partial charge in [-0.3, -0.25) is 4.79 Å². The molecule has 0 saturated heterocycles. The van der Waals surface area contributed by atoms with Crippen molar-refractivity contribution in [3.8, 4) is 5.75 Å². The van der Waals surface area contributed by atoms with Crippen LogP contribution in [0.3, 0.4) is 0 Å². The van der Waals surface area contributed by atoms with Crippen molar-refractivity contribution in [1.29, 1.82) is 0 Å². The Morgan fingerprint density at radius 1 is 1.13 bits per heavy atom. The molecule has 0 bridgehead atoms.